The van der Waals surface area contributed by atoms with Crippen LogP contribution in [0.2, 0.25) is 0 Å². The van der Waals surface area contributed by atoms with E-state index in [9.17, 15) is 0 Å². The van der Waals surface area contributed by atoms with Gasteiger partial charge in [0, 0.05) is 31.0 Å². The minimum absolute atomic E-state index is 0.218. The predicted molar refractivity (Wildman–Crippen MR) is 124 cm³/mol. The maximum Gasteiger partial charge on any atom is 0.124 e. The van der Waals surface area contributed by atoms with E-state index in [1.807, 2.05) is 12.4 Å². The van der Waals surface area contributed by atoms with Crippen molar-refractivity contribution < 1.29 is 9.47 Å². The van der Waals surface area contributed by atoms with Crippen molar-refractivity contribution in [2.45, 2.75) is 56.6 Å². The molecule has 0 bridgehead atoms. The number of nitrogens with zero attached hydrogens (tertiary/aromatic N) is 4. The van der Waals surface area contributed by atoms with Gasteiger partial charge in [-0.2, -0.15) is 0 Å². The van der Waals surface area contributed by atoms with Crippen LogP contribution in [0.3, 0.4) is 0 Å². The molecule has 1 spiro atoms. The number of benzene rings is 1. The minimum atomic E-state index is 0.218. The van der Waals surface area contributed by atoms with Gasteiger partial charge in [-0.3, -0.25) is 0 Å². The fraction of sp³-hybridized carbons (Fsp3) is 0.615. The highest BCUT2D eigenvalue weighted by Crippen LogP contribution is 2.49. The lowest BCUT2D eigenvalue weighted by molar-refractivity contribution is 0.127. The standard InChI is InChI=1S/C26H34N4O2/c1-2-4-25(32-23-8-12-31-16-23)24(3-1)20-6-10-29(11-7-20)21-5-9-26(13-21)17-30(18-26)22-14-27-19-28-15-22/h1-4,14-15,19-21,23H,5-13,16-18H2. The lowest BCUT2D eigenvalue weighted by atomic mass is 9.77. The molecular weight excluding hydrogens is 400 g/mol. The number of likely N-dealkylation sites (tertiary alicyclic amines) is 1. The quantitative estimate of drug-likeness (QED) is 0.712. The summed E-state index contributed by atoms with van der Waals surface area (Å²) in [5.74, 6) is 1.69. The Morgan fingerprint density at radius 1 is 1.00 bits per heavy atom. The van der Waals surface area contributed by atoms with Crippen LogP contribution < -0.4 is 9.64 Å². The molecule has 3 aliphatic heterocycles. The first-order valence-electron chi connectivity index (χ1n) is 12.4. The minimum Gasteiger partial charge on any atom is -0.488 e. The lowest BCUT2D eigenvalue weighted by Crippen LogP contribution is -2.56. The van der Waals surface area contributed by atoms with Crippen LogP contribution in [0.15, 0.2) is 43.0 Å². The summed E-state index contributed by atoms with van der Waals surface area (Å²) >= 11 is 0. The maximum atomic E-state index is 6.33. The Balaban J connectivity index is 1.03. The summed E-state index contributed by atoms with van der Waals surface area (Å²) in [4.78, 5) is 13.6. The molecule has 6 rings (SSSR count). The van der Waals surface area contributed by atoms with Crippen LogP contribution in [0.1, 0.15) is 50.0 Å². The molecule has 0 amide bonds. The van der Waals surface area contributed by atoms with E-state index < -0.39 is 0 Å². The lowest BCUT2D eigenvalue weighted by Gasteiger charge is -2.50. The Morgan fingerprint density at radius 2 is 1.81 bits per heavy atom. The van der Waals surface area contributed by atoms with Gasteiger partial charge in [-0.05, 0) is 62.7 Å². The SMILES string of the molecule is c1ccc(C2CCN(C3CCC4(C3)CN(c3cncnc3)C4)CC2)c(OC2CCOC2)c1. The predicted octanol–water partition coefficient (Wildman–Crippen LogP) is 3.88. The molecule has 1 aliphatic carbocycles. The topological polar surface area (TPSA) is 50.7 Å². The summed E-state index contributed by atoms with van der Waals surface area (Å²) in [6, 6.07) is 9.46. The molecule has 0 radical (unpaired) electrons. The molecule has 32 heavy (non-hydrogen) atoms. The molecule has 0 N–H and O–H groups in total. The number of piperidine rings is 1. The smallest absolute Gasteiger partial charge is 0.124 e. The summed E-state index contributed by atoms with van der Waals surface area (Å²) in [6.07, 6.45) is 13.3. The molecule has 3 saturated heterocycles. The fourth-order valence-corrected chi connectivity index (χ4v) is 6.46. The summed E-state index contributed by atoms with van der Waals surface area (Å²) in [5.41, 5.74) is 3.09. The van der Waals surface area contributed by atoms with E-state index in [1.54, 1.807) is 6.33 Å². The van der Waals surface area contributed by atoms with Gasteiger partial charge in [0.2, 0.25) is 0 Å². The maximum absolute atomic E-state index is 6.33. The second-order valence-electron chi connectivity index (χ2n) is 10.3. The first kappa shape index (κ1) is 20.4. The van der Waals surface area contributed by atoms with Crippen molar-refractivity contribution in [3.05, 3.63) is 48.5 Å². The number of hydrogen-bond acceptors (Lipinski definition) is 6. The fourth-order valence-electron chi connectivity index (χ4n) is 6.46. The van der Waals surface area contributed by atoms with Gasteiger partial charge < -0.3 is 19.3 Å². The van der Waals surface area contributed by atoms with Gasteiger partial charge in [0.25, 0.3) is 0 Å². The Bertz CT molecular complexity index is 903. The van der Waals surface area contributed by atoms with E-state index in [0.717, 1.165) is 31.4 Å². The first-order valence-corrected chi connectivity index (χ1v) is 12.4. The third-order valence-corrected chi connectivity index (χ3v) is 8.23. The number of rotatable bonds is 5. The molecular formula is C26H34N4O2. The zero-order valence-electron chi connectivity index (χ0n) is 18.9. The monoisotopic (exact) mass is 434 g/mol. The Labute approximate surface area is 190 Å². The second-order valence-corrected chi connectivity index (χ2v) is 10.3. The van der Waals surface area contributed by atoms with Crippen LogP contribution in [-0.4, -0.2) is 66.4 Å². The van der Waals surface area contributed by atoms with E-state index in [-0.39, 0.29) is 6.10 Å². The van der Waals surface area contributed by atoms with E-state index in [0.29, 0.717) is 11.3 Å². The number of aromatic nitrogens is 2. The van der Waals surface area contributed by atoms with Crippen molar-refractivity contribution >= 4 is 5.69 Å². The third kappa shape index (κ3) is 3.99. The zero-order chi connectivity index (χ0) is 21.4. The summed E-state index contributed by atoms with van der Waals surface area (Å²) in [5, 5.41) is 0. The van der Waals surface area contributed by atoms with Gasteiger partial charge in [-0.1, -0.05) is 18.2 Å². The van der Waals surface area contributed by atoms with Crippen molar-refractivity contribution in [1.82, 2.24) is 14.9 Å². The van der Waals surface area contributed by atoms with Gasteiger partial charge in [0.15, 0.2) is 0 Å². The van der Waals surface area contributed by atoms with Crippen LogP contribution in [0.5, 0.6) is 5.75 Å². The molecule has 2 aromatic rings. The van der Waals surface area contributed by atoms with Crippen molar-refractivity contribution in [2.24, 2.45) is 5.41 Å². The van der Waals surface area contributed by atoms with E-state index >= 15 is 0 Å². The van der Waals surface area contributed by atoms with Crippen molar-refractivity contribution in [3.63, 3.8) is 0 Å². The molecule has 4 fully saturated rings. The molecule has 2 unspecified atom stereocenters. The normalized spacial score (nSPS) is 28.2. The molecule has 1 saturated carbocycles. The molecule has 1 aromatic heterocycles. The molecule has 6 heteroatoms. The molecule has 1 aromatic carbocycles. The average Bonchev–Trinajstić information content (AvgIpc) is 3.50. The van der Waals surface area contributed by atoms with E-state index in [2.05, 4.69) is 44.0 Å². The Kier molecular flexibility index (Phi) is 5.51. The summed E-state index contributed by atoms with van der Waals surface area (Å²) in [7, 11) is 0. The molecule has 4 aliphatic rings. The van der Waals surface area contributed by atoms with Crippen LogP contribution in [0, 0.1) is 5.41 Å². The average molecular weight is 435 g/mol. The van der Waals surface area contributed by atoms with Crippen molar-refractivity contribution in [2.75, 3.05) is 44.3 Å². The summed E-state index contributed by atoms with van der Waals surface area (Å²) < 4.78 is 11.8. The zero-order valence-corrected chi connectivity index (χ0v) is 18.9. The van der Waals surface area contributed by atoms with Gasteiger partial charge in [0.1, 0.15) is 18.2 Å². The Hall–Kier alpha value is -2.18. The molecule has 6 nitrogen and oxygen atoms in total. The first-order chi connectivity index (χ1) is 15.8. The number of hydrogen-bond donors (Lipinski definition) is 0. The van der Waals surface area contributed by atoms with Gasteiger partial charge >= 0.3 is 0 Å². The highest BCUT2D eigenvalue weighted by atomic mass is 16.5. The second kappa shape index (κ2) is 8.64. The van der Waals surface area contributed by atoms with Crippen LogP contribution in [0.4, 0.5) is 5.69 Å². The number of para-hydroxylation sites is 1. The third-order valence-electron chi connectivity index (χ3n) is 8.23. The van der Waals surface area contributed by atoms with Crippen molar-refractivity contribution in [1.29, 1.82) is 0 Å². The summed E-state index contributed by atoms with van der Waals surface area (Å²) in [6.45, 7) is 6.31. The van der Waals surface area contributed by atoms with Gasteiger partial charge in [-0.25, -0.2) is 9.97 Å². The molecule has 2 atom stereocenters. The van der Waals surface area contributed by atoms with Crippen LogP contribution in [0.25, 0.3) is 0 Å². The van der Waals surface area contributed by atoms with Crippen molar-refractivity contribution in [3.8, 4) is 5.75 Å². The largest absolute Gasteiger partial charge is 0.488 e. The number of anilines is 1. The molecule has 170 valence electrons. The van der Waals surface area contributed by atoms with Crippen LogP contribution in [-0.2, 0) is 4.74 Å². The van der Waals surface area contributed by atoms with E-state index in [1.165, 1.54) is 69.5 Å². The highest BCUT2D eigenvalue weighted by molar-refractivity contribution is 5.46. The highest BCUT2D eigenvalue weighted by Gasteiger charge is 2.49. The number of ether oxygens (including phenoxy) is 2. The van der Waals surface area contributed by atoms with Gasteiger partial charge in [0.05, 0.1) is 31.3 Å². The van der Waals surface area contributed by atoms with Gasteiger partial charge in [-0.15, -0.1) is 0 Å². The molecule has 4 heterocycles. The van der Waals surface area contributed by atoms with Crippen LogP contribution >= 0.6 is 0 Å². The van der Waals surface area contributed by atoms with E-state index in [4.69, 9.17) is 9.47 Å². The Morgan fingerprint density at radius 3 is 2.59 bits per heavy atom.